The highest BCUT2D eigenvalue weighted by atomic mass is 16.5. The Morgan fingerprint density at radius 2 is 1.83 bits per heavy atom. The summed E-state index contributed by atoms with van der Waals surface area (Å²) in [6, 6.07) is 11.0. The van der Waals surface area contributed by atoms with Crippen LogP contribution in [-0.2, 0) is 16.1 Å². The molecule has 2 amide bonds. The smallest absolute Gasteiger partial charge is 0.253 e. The molecule has 29 heavy (non-hydrogen) atoms. The van der Waals surface area contributed by atoms with Crippen LogP contribution < -0.4 is 4.74 Å². The summed E-state index contributed by atoms with van der Waals surface area (Å²) in [7, 11) is 0. The maximum Gasteiger partial charge on any atom is 0.253 e. The SMILES string of the molecule is O=C(c1ccc(OCc2cccnc2)cc1)N1CCN(C(=O)[C@@H]2CCCO2)CC1. The minimum atomic E-state index is -0.295. The Labute approximate surface area is 170 Å². The maximum absolute atomic E-state index is 12.8. The van der Waals surface area contributed by atoms with E-state index >= 15 is 0 Å². The average Bonchev–Trinajstić information content (AvgIpc) is 3.33. The van der Waals surface area contributed by atoms with Crippen molar-refractivity contribution in [3.05, 3.63) is 59.9 Å². The molecule has 0 spiro atoms. The molecule has 0 bridgehead atoms. The molecule has 3 heterocycles. The van der Waals surface area contributed by atoms with Gasteiger partial charge in [0.05, 0.1) is 0 Å². The van der Waals surface area contributed by atoms with Gasteiger partial charge in [0.15, 0.2) is 0 Å². The molecule has 0 N–H and O–H groups in total. The van der Waals surface area contributed by atoms with E-state index in [2.05, 4.69) is 4.98 Å². The number of hydrogen-bond donors (Lipinski definition) is 0. The Balaban J connectivity index is 1.28. The summed E-state index contributed by atoms with van der Waals surface area (Å²) in [4.78, 5) is 32.9. The average molecular weight is 395 g/mol. The van der Waals surface area contributed by atoms with Gasteiger partial charge in [-0.1, -0.05) is 6.07 Å². The molecule has 4 rings (SSSR count). The second kappa shape index (κ2) is 9.05. The van der Waals surface area contributed by atoms with Crippen LogP contribution in [-0.4, -0.2) is 65.5 Å². The van der Waals surface area contributed by atoms with E-state index < -0.39 is 0 Å². The molecule has 7 nitrogen and oxygen atoms in total. The second-order valence-corrected chi connectivity index (χ2v) is 7.29. The summed E-state index contributed by atoms with van der Waals surface area (Å²) in [6.07, 6.45) is 4.93. The van der Waals surface area contributed by atoms with E-state index in [-0.39, 0.29) is 17.9 Å². The van der Waals surface area contributed by atoms with Gasteiger partial charge in [-0.3, -0.25) is 14.6 Å². The number of hydrogen-bond acceptors (Lipinski definition) is 5. The van der Waals surface area contributed by atoms with E-state index in [1.165, 1.54) is 0 Å². The third-order valence-corrected chi connectivity index (χ3v) is 5.31. The number of benzene rings is 1. The Kier molecular flexibility index (Phi) is 6.05. The van der Waals surface area contributed by atoms with Gasteiger partial charge in [0.25, 0.3) is 11.8 Å². The van der Waals surface area contributed by atoms with E-state index in [9.17, 15) is 9.59 Å². The first-order chi connectivity index (χ1) is 14.2. The van der Waals surface area contributed by atoms with E-state index in [1.54, 1.807) is 41.6 Å². The Morgan fingerprint density at radius 1 is 1.07 bits per heavy atom. The third kappa shape index (κ3) is 4.74. The van der Waals surface area contributed by atoms with Crippen LogP contribution in [0.3, 0.4) is 0 Å². The molecule has 2 saturated heterocycles. The largest absolute Gasteiger partial charge is 0.489 e. The summed E-state index contributed by atoms with van der Waals surface area (Å²) in [5.74, 6) is 0.745. The number of carbonyl (C=O) groups excluding carboxylic acids is 2. The molecule has 2 aliphatic heterocycles. The van der Waals surface area contributed by atoms with E-state index in [4.69, 9.17) is 9.47 Å². The topological polar surface area (TPSA) is 72.0 Å². The zero-order chi connectivity index (χ0) is 20.1. The zero-order valence-electron chi connectivity index (χ0n) is 16.3. The number of aromatic nitrogens is 1. The number of carbonyl (C=O) groups is 2. The molecule has 7 heteroatoms. The van der Waals surface area contributed by atoms with Crippen molar-refractivity contribution >= 4 is 11.8 Å². The molecule has 1 aromatic carbocycles. The Morgan fingerprint density at radius 3 is 2.48 bits per heavy atom. The zero-order valence-corrected chi connectivity index (χ0v) is 16.3. The van der Waals surface area contributed by atoms with Crippen LogP contribution >= 0.6 is 0 Å². The lowest BCUT2D eigenvalue weighted by Gasteiger charge is -2.35. The second-order valence-electron chi connectivity index (χ2n) is 7.29. The highest BCUT2D eigenvalue weighted by Gasteiger charge is 2.31. The van der Waals surface area contributed by atoms with Crippen molar-refractivity contribution in [2.24, 2.45) is 0 Å². The van der Waals surface area contributed by atoms with E-state index in [0.29, 0.717) is 50.7 Å². The first-order valence-electron chi connectivity index (χ1n) is 10.0. The number of nitrogens with zero attached hydrogens (tertiary/aromatic N) is 3. The number of pyridine rings is 1. The standard InChI is InChI=1S/C22H25N3O4/c26-21(24-10-12-25(13-11-24)22(27)20-4-2-14-28-20)18-5-7-19(8-6-18)29-16-17-3-1-9-23-15-17/h1,3,5-9,15,20H,2,4,10-14,16H2/t20-/m0/s1. The van der Waals surface area contributed by atoms with Crippen molar-refractivity contribution in [3.8, 4) is 5.75 Å². The minimum Gasteiger partial charge on any atom is -0.489 e. The third-order valence-electron chi connectivity index (χ3n) is 5.31. The molecule has 0 aliphatic carbocycles. The first kappa shape index (κ1) is 19.4. The fourth-order valence-corrected chi connectivity index (χ4v) is 3.63. The Bertz CT molecular complexity index is 827. The van der Waals surface area contributed by atoms with E-state index in [0.717, 1.165) is 18.4 Å². The first-order valence-corrected chi connectivity index (χ1v) is 10.0. The highest BCUT2D eigenvalue weighted by Crippen LogP contribution is 2.18. The lowest BCUT2D eigenvalue weighted by Crippen LogP contribution is -2.52. The van der Waals surface area contributed by atoms with Crippen molar-refractivity contribution in [1.82, 2.24) is 14.8 Å². The summed E-state index contributed by atoms with van der Waals surface area (Å²) < 4.78 is 11.2. The predicted octanol–water partition coefficient (Wildman–Crippen LogP) is 2.12. The van der Waals surface area contributed by atoms with Gasteiger partial charge in [0.2, 0.25) is 0 Å². The fraction of sp³-hybridized carbons (Fsp3) is 0.409. The predicted molar refractivity (Wildman–Crippen MR) is 106 cm³/mol. The molecule has 0 saturated carbocycles. The van der Waals surface area contributed by atoms with Gasteiger partial charge in [-0.2, -0.15) is 0 Å². The molecule has 1 aromatic heterocycles. The molecule has 0 unspecified atom stereocenters. The van der Waals surface area contributed by atoms with Crippen LogP contribution in [0.15, 0.2) is 48.8 Å². The van der Waals surface area contributed by atoms with Crippen molar-refractivity contribution in [2.75, 3.05) is 32.8 Å². The van der Waals surface area contributed by atoms with Gasteiger partial charge in [-0.05, 0) is 43.2 Å². The van der Waals surface area contributed by atoms with Gasteiger partial charge >= 0.3 is 0 Å². The molecule has 2 aromatic rings. The summed E-state index contributed by atoms with van der Waals surface area (Å²) in [6.45, 7) is 3.28. The van der Waals surface area contributed by atoms with E-state index in [1.807, 2.05) is 17.0 Å². The quantitative estimate of drug-likeness (QED) is 0.776. The fourth-order valence-electron chi connectivity index (χ4n) is 3.63. The molecule has 2 fully saturated rings. The molecule has 2 aliphatic rings. The van der Waals surface area contributed by atoms with Gasteiger partial charge in [-0.15, -0.1) is 0 Å². The van der Waals surface area contributed by atoms with Crippen LogP contribution in [0, 0.1) is 0 Å². The molecule has 1 atom stereocenters. The molecule has 152 valence electrons. The minimum absolute atomic E-state index is 0.0203. The van der Waals surface area contributed by atoms with Gasteiger partial charge < -0.3 is 19.3 Å². The van der Waals surface area contributed by atoms with Crippen LogP contribution in [0.2, 0.25) is 0 Å². The van der Waals surface area contributed by atoms with Crippen molar-refractivity contribution in [2.45, 2.75) is 25.6 Å². The monoisotopic (exact) mass is 395 g/mol. The molecular formula is C22H25N3O4. The van der Waals surface area contributed by atoms with Crippen LogP contribution in [0.5, 0.6) is 5.75 Å². The number of piperazine rings is 1. The Hall–Kier alpha value is -2.93. The van der Waals surface area contributed by atoms with Crippen LogP contribution in [0.4, 0.5) is 0 Å². The number of amides is 2. The number of rotatable bonds is 5. The maximum atomic E-state index is 12.8. The highest BCUT2D eigenvalue weighted by molar-refractivity contribution is 5.94. The lowest BCUT2D eigenvalue weighted by atomic mass is 10.1. The van der Waals surface area contributed by atoms with Crippen LogP contribution in [0.1, 0.15) is 28.8 Å². The summed E-state index contributed by atoms with van der Waals surface area (Å²) in [5, 5.41) is 0. The normalized spacial score (nSPS) is 19.2. The summed E-state index contributed by atoms with van der Waals surface area (Å²) >= 11 is 0. The van der Waals surface area contributed by atoms with Crippen molar-refractivity contribution in [1.29, 1.82) is 0 Å². The molecule has 0 radical (unpaired) electrons. The van der Waals surface area contributed by atoms with Crippen molar-refractivity contribution in [3.63, 3.8) is 0 Å². The van der Waals surface area contributed by atoms with Crippen molar-refractivity contribution < 1.29 is 19.1 Å². The number of ether oxygens (including phenoxy) is 2. The van der Waals surface area contributed by atoms with Crippen LogP contribution in [0.25, 0.3) is 0 Å². The van der Waals surface area contributed by atoms with Gasteiger partial charge in [0.1, 0.15) is 18.5 Å². The lowest BCUT2D eigenvalue weighted by molar-refractivity contribution is -0.142. The molecular weight excluding hydrogens is 370 g/mol. The summed E-state index contributed by atoms with van der Waals surface area (Å²) in [5.41, 5.74) is 1.61. The van der Waals surface area contributed by atoms with Gasteiger partial charge in [0, 0.05) is 56.3 Å². The van der Waals surface area contributed by atoms with Gasteiger partial charge in [-0.25, -0.2) is 0 Å².